The van der Waals surface area contributed by atoms with E-state index in [0.29, 0.717) is 25.7 Å². The molecule has 0 saturated carbocycles. The van der Waals surface area contributed by atoms with E-state index in [-0.39, 0.29) is 6.04 Å². The molecule has 0 aliphatic carbocycles. The van der Waals surface area contributed by atoms with Crippen molar-refractivity contribution in [3.8, 4) is 0 Å². The lowest BCUT2D eigenvalue weighted by Gasteiger charge is -2.24. The van der Waals surface area contributed by atoms with Gasteiger partial charge in [0.05, 0.1) is 6.61 Å². The maximum absolute atomic E-state index is 11.8. The minimum atomic E-state index is -0.492. The second-order valence-corrected chi connectivity index (χ2v) is 6.36. The maximum atomic E-state index is 11.8. The van der Waals surface area contributed by atoms with Crippen molar-refractivity contribution in [2.24, 2.45) is 4.99 Å². The molecule has 1 amide bonds. The second kappa shape index (κ2) is 12.0. The lowest BCUT2D eigenvalue weighted by molar-refractivity contribution is 0.0523. The van der Waals surface area contributed by atoms with Gasteiger partial charge in [0, 0.05) is 33.3 Å². The molecule has 0 aromatic carbocycles. The number of alkyl carbamates (subject to hydrolysis) is 1. The molecule has 23 heavy (non-hydrogen) atoms. The minimum Gasteiger partial charge on any atom is -0.444 e. The SMILES string of the molecule is CCCCC(CNC(=O)OC(C)(C)C)NC(=NC)NCCOC. The summed E-state index contributed by atoms with van der Waals surface area (Å²) in [6.45, 7) is 9.46. The first kappa shape index (κ1) is 21.5. The molecule has 0 saturated heterocycles. The molecule has 136 valence electrons. The number of rotatable bonds is 9. The number of methoxy groups -OCH3 is 1. The van der Waals surface area contributed by atoms with Crippen LogP contribution in [0, 0.1) is 0 Å². The first-order valence-corrected chi connectivity index (χ1v) is 8.25. The van der Waals surface area contributed by atoms with Gasteiger partial charge in [0.2, 0.25) is 0 Å². The van der Waals surface area contributed by atoms with Crippen LogP contribution in [-0.2, 0) is 9.47 Å². The molecule has 1 atom stereocenters. The van der Waals surface area contributed by atoms with Gasteiger partial charge in [-0.15, -0.1) is 0 Å². The Labute approximate surface area is 140 Å². The number of unbranched alkanes of at least 4 members (excludes halogenated alkanes) is 1. The molecule has 0 radical (unpaired) electrons. The van der Waals surface area contributed by atoms with Gasteiger partial charge in [0.1, 0.15) is 5.60 Å². The molecule has 0 heterocycles. The lowest BCUT2D eigenvalue weighted by Crippen LogP contribution is -2.49. The summed E-state index contributed by atoms with van der Waals surface area (Å²) < 4.78 is 10.3. The molecule has 0 bridgehead atoms. The standard InChI is InChI=1S/C16H34N4O3/c1-7-8-9-13(12-19-15(21)23-16(2,3)4)20-14(17-5)18-10-11-22-6/h13H,7-12H2,1-6H3,(H,19,21)(H2,17,18,20). The summed E-state index contributed by atoms with van der Waals surface area (Å²) >= 11 is 0. The predicted molar refractivity (Wildman–Crippen MR) is 93.9 cm³/mol. The van der Waals surface area contributed by atoms with E-state index >= 15 is 0 Å². The number of carbonyl (C=O) groups is 1. The van der Waals surface area contributed by atoms with Crippen molar-refractivity contribution in [1.82, 2.24) is 16.0 Å². The summed E-state index contributed by atoms with van der Waals surface area (Å²) in [6.07, 6.45) is 2.71. The quantitative estimate of drug-likeness (QED) is 0.341. The van der Waals surface area contributed by atoms with Gasteiger partial charge in [0.15, 0.2) is 5.96 Å². The highest BCUT2D eigenvalue weighted by Gasteiger charge is 2.17. The van der Waals surface area contributed by atoms with Crippen molar-refractivity contribution in [2.45, 2.75) is 58.6 Å². The lowest BCUT2D eigenvalue weighted by atomic mass is 10.1. The van der Waals surface area contributed by atoms with Crippen molar-refractivity contribution in [3.05, 3.63) is 0 Å². The number of guanidine groups is 1. The number of ether oxygens (including phenoxy) is 2. The first-order valence-electron chi connectivity index (χ1n) is 8.25. The van der Waals surface area contributed by atoms with E-state index in [0.717, 1.165) is 19.3 Å². The zero-order valence-corrected chi connectivity index (χ0v) is 15.5. The van der Waals surface area contributed by atoms with Gasteiger partial charge >= 0.3 is 6.09 Å². The second-order valence-electron chi connectivity index (χ2n) is 6.36. The molecule has 0 aliphatic heterocycles. The number of nitrogens with zero attached hydrogens (tertiary/aromatic N) is 1. The summed E-state index contributed by atoms with van der Waals surface area (Å²) in [4.78, 5) is 16.0. The molecule has 0 aliphatic rings. The summed E-state index contributed by atoms with van der Waals surface area (Å²) in [5.74, 6) is 0.703. The smallest absolute Gasteiger partial charge is 0.407 e. The fraction of sp³-hybridized carbons (Fsp3) is 0.875. The third-order valence-corrected chi connectivity index (χ3v) is 2.96. The molecule has 0 rings (SSSR count). The molecule has 0 aromatic heterocycles. The van der Waals surface area contributed by atoms with Crippen LogP contribution in [-0.4, -0.2) is 57.5 Å². The van der Waals surface area contributed by atoms with E-state index in [2.05, 4.69) is 27.9 Å². The number of amides is 1. The monoisotopic (exact) mass is 330 g/mol. The van der Waals surface area contributed by atoms with E-state index in [1.165, 1.54) is 0 Å². The van der Waals surface area contributed by atoms with Crippen LogP contribution in [0.4, 0.5) is 4.79 Å². The molecule has 0 spiro atoms. The Morgan fingerprint density at radius 1 is 1.26 bits per heavy atom. The Morgan fingerprint density at radius 3 is 2.48 bits per heavy atom. The predicted octanol–water partition coefficient (Wildman–Crippen LogP) is 1.88. The maximum Gasteiger partial charge on any atom is 0.407 e. The Bertz CT molecular complexity index is 354. The summed E-state index contributed by atoms with van der Waals surface area (Å²) in [6, 6.07) is 0.0937. The Hall–Kier alpha value is -1.50. The van der Waals surface area contributed by atoms with E-state index in [1.54, 1.807) is 14.2 Å². The topological polar surface area (TPSA) is 84.0 Å². The van der Waals surface area contributed by atoms with Gasteiger partial charge in [-0.05, 0) is 27.2 Å². The van der Waals surface area contributed by atoms with Crippen molar-refractivity contribution < 1.29 is 14.3 Å². The Morgan fingerprint density at radius 2 is 1.96 bits per heavy atom. The van der Waals surface area contributed by atoms with E-state index in [9.17, 15) is 4.79 Å². The van der Waals surface area contributed by atoms with Gasteiger partial charge in [-0.2, -0.15) is 0 Å². The average Bonchev–Trinajstić information content (AvgIpc) is 2.46. The number of nitrogens with one attached hydrogen (secondary N) is 3. The molecule has 7 heteroatoms. The molecular formula is C16H34N4O3. The molecule has 7 nitrogen and oxygen atoms in total. The number of aliphatic imine (C=N–C) groups is 1. The largest absolute Gasteiger partial charge is 0.444 e. The van der Waals surface area contributed by atoms with Crippen LogP contribution in [0.25, 0.3) is 0 Å². The fourth-order valence-electron chi connectivity index (χ4n) is 1.86. The highest BCUT2D eigenvalue weighted by Crippen LogP contribution is 2.06. The molecule has 1 unspecified atom stereocenters. The fourth-order valence-corrected chi connectivity index (χ4v) is 1.86. The van der Waals surface area contributed by atoms with Crippen LogP contribution in [0.2, 0.25) is 0 Å². The Kier molecular flexibility index (Phi) is 11.2. The van der Waals surface area contributed by atoms with Crippen LogP contribution < -0.4 is 16.0 Å². The molecule has 0 fully saturated rings. The van der Waals surface area contributed by atoms with Crippen LogP contribution in [0.3, 0.4) is 0 Å². The van der Waals surface area contributed by atoms with Gasteiger partial charge in [0.25, 0.3) is 0 Å². The van der Waals surface area contributed by atoms with E-state index < -0.39 is 11.7 Å². The Balaban J connectivity index is 4.41. The molecular weight excluding hydrogens is 296 g/mol. The zero-order chi connectivity index (χ0) is 17.7. The van der Waals surface area contributed by atoms with Crippen LogP contribution >= 0.6 is 0 Å². The number of hydrogen-bond acceptors (Lipinski definition) is 4. The van der Waals surface area contributed by atoms with Crippen LogP contribution in [0.1, 0.15) is 47.0 Å². The van der Waals surface area contributed by atoms with Gasteiger partial charge < -0.3 is 25.4 Å². The van der Waals surface area contributed by atoms with E-state index in [1.807, 2.05) is 20.8 Å². The van der Waals surface area contributed by atoms with Crippen LogP contribution in [0.5, 0.6) is 0 Å². The highest BCUT2D eigenvalue weighted by atomic mass is 16.6. The summed E-state index contributed by atoms with van der Waals surface area (Å²) in [5.41, 5.74) is -0.492. The van der Waals surface area contributed by atoms with Crippen molar-refractivity contribution in [1.29, 1.82) is 0 Å². The van der Waals surface area contributed by atoms with Crippen molar-refractivity contribution in [3.63, 3.8) is 0 Å². The first-order chi connectivity index (χ1) is 10.8. The van der Waals surface area contributed by atoms with Crippen molar-refractivity contribution >= 4 is 12.1 Å². The third-order valence-electron chi connectivity index (χ3n) is 2.96. The number of carbonyl (C=O) groups excluding carboxylic acids is 1. The molecule has 3 N–H and O–H groups in total. The normalized spacial score (nSPS) is 13.4. The highest BCUT2D eigenvalue weighted by molar-refractivity contribution is 5.80. The van der Waals surface area contributed by atoms with Crippen molar-refractivity contribution in [2.75, 3.05) is 33.9 Å². The summed E-state index contributed by atoms with van der Waals surface area (Å²) in [7, 11) is 3.38. The van der Waals surface area contributed by atoms with Gasteiger partial charge in [-0.3, -0.25) is 4.99 Å². The average molecular weight is 330 g/mol. The molecule has 0 aromatic rings. The van der Waals surface area contributed by atoms with Gasteiger partial charge in [-0.25, -0.2) is 4.79 Å². The summed E-state index contributed by atoms with van der Waals surface area (Å²) in [5, 5.41) is 9.32. The van der Waals surface area contributed by atoms with Crippen LogP contribution in [0.15, 0.2) is 4.99 Å². The van der Waals surface area contributed by atoms with Gasteiger partial charge in [-0.1, -0.05) is 19.8 Å². The number of hydrogen-bond donors (Lipinski definition) is 3. The van der Waals surface area contributed by atoms with E-state index in [4.69, 9.17) is 9.47 Å². The third kappa shape index (κ3) is 12.7. The zero-order valence-electron chi connectivity index (χ0n) is 15.5. The minimum absolute atomic E-state index is 0.0937.